The SMILES string of the molecule is CN1CC2(CCC2)C1.CN1CC2(CCCC2)C1.CN1CC2(CCCCC2)C1.CN1CC2(CCCCC2)C1.CN1CC2CC2C1.CN1CCC2(CCC2)C1.CN1CCC2(CCC2)CC1.CN1CCC2(CCC2)CC1.CN1CCC2(CCCC2)C1.CN1CCC2(CCCC2)CC1.CN1CCC2(CCNCC2)C1.CN1CCC2(CCNCC2)CC1.CN1CCOC2(CCC2)C1. The molecule has 26 aliphatic rings. The van der Waals surface area contributed by atoms with Crippen LogP contribution in [-0.4, -0.2) is 364 Å². The third-order valence-corrected chi connectivity index (χ3v) is 40.6. The van der Waals surface area contributed by atoms with Crippen LogP contribution in [0.1, 0.15) is 340 Å². The lowest BCUT2D eigenvalue weighted by Crippen LogP contribution is -2.57. The van der Waals surface area contributed by atoms with Gasteiger partial charge in [0.25, 0.3) is 0 Å². The second kappa shape index (κ2) is 46.9. The number of ether oxygens (including phenoxy) is 1. The highest BCUT2D eigenvalue weighted by molar-refractivity contribution is 5.04. The van der Waals surface area contributed by atoms with Crippen molar-refractivity contribution in [2.75, 3.05) is 295 Å². The number of piperidine rings is 7. The Morgan fingerprint density at radius 1 is 0.173 bits per heavy atom. The summed E-state index contributed by atoms with van der Waals surface area (Å²) in [4.78, 5) is 31.9. The summed E-state index contributed by atoms with van der Waals surface area (Å²) in [5, 5.41) is 6.89. The minimum atomic E-state index is 0.299. The van der Waals surface area contributed by atoms with Crippen LogP contribution in [0.5, 0.6) is 0 Å². The molecule has 0 aromatic carbocycles. The van der Waals surface area contributed by atoms with Gasteiger partial charge in [-0.15, -0.1) is 0 Å². The van der Waals surface area contributed by atoms with Gasteiger partial charge in [-0.3, -0.25) is 0 Å². The highest BCUT2D eigenvalue weighted by Crippen LogP contribution is 2.54. The first-order chi connectivity index (χ1) is 61.1. The van der Waals surface area contributed by atoms with E-state index in [1.54, 1.807) is 0 Å². The van der Waals surface area contributed by atoms with Gasteiger partial charge < -0.3 is 79.1 Å². The van der Waals surface area contributed by atoms with Crippen LogP contribution in [0.4, 0.5) is 0 Å². The van der Waals surface area contributed by atoms with Gasteiger partial charge in [0.05, 0.1) is 12.2 Å². The Hall–Kier alpha value is -0.640. The maximum atomic E-state index is 5.73. The molecule has 16 heteroatoms. The second-order valence-electron chi connectivity index (χ2n) is 52.1. The first kappa shape index (κ1) is 102. The summed E-state index contributed by atoms with van der Waals surface area (Å²) in [5.74, 6) is 2.23. The minimum absolute atomic E-state index is 0.299. The van der Waals surface area contributed by atoms with Gasteiger partial charge in [-0.25, -0.2) is 0 Å². The number of hydrogen-bond acceptors (Lipinski definition) is 16. The summed E-state index contributed by atoms with van der Waals surface area (Å²) in [6, 6.07) is 0. The monoisotopic (exact) mass is 1770 g/mol. The van der Waals surface area contributed by atoms with Crippen LogP contribution < -0.4 is 10.6 Å². The predicted molar refractivity (Wildman–Crippen MR) is 540 cm³/mol. The third-order valence-electron chi connectivity index (χ3n) is 40.6. The molecular weight excluding hydrogens is 1560 g/mol. The molecule has 15 heterocycles. The van der Waals surface area contributed by atoms with Crippen molar-refractivity contribution in [3.8, 4) is 0 Å². The Bertz CT molecular complexity index is 2950. The van der Waals surface area contributed by atoms with E-state index in [-0.39, 0.29) is 0 Å². The molecular formula is C111H211N15O. The van der Waals surface area contributed by atoms with Gasteiger partial charge in [0, 0.05) is 98.2 Å². The number of nitrogens with one attached hydrogen (secondary N) is 2. The highest BCUT2D eigenvalue weighted by Gasteiger charge is 2.50. The van der Waals surface area contributed by atoms with Crippen LogP contribution in [0, 0.1) is 71.4 Å². The molecule has 26 fully saturated rings. The summed E-state index contributed by atoms with van der Waals surface area (Å²) >= 11 is 0. The van der Waals surface area contributed by atoms with E-state index in [2.05, 4.69) is 166 Å². The van der Waals surface area contributed by atoms with Crippen LogP contribution in [-0.2, 0) is 4.74 Å². The van der Waals surface area contributed by atoms with Gasteiger partial charge in [0.15, 0.2) is 0 Å². The van der Waals surface area contributed by atoms with E-state index < -0.39 is 0 Å². The van der Waals surface area contributed by atoms with Crippen molar-refractivity contribution in [3.05, 3.63) is 0 Å². The fourth-order valence-electron chi connectivity index (χ4n) is 30.9. The molecule has 127 heavy (non-hydrogen) atoms. The van der Waals surface area contributed by atoms with E-state index in [4.69, 9.17) is 4.74 Å². The van der Waals surface area contributed by atoms with Gasteiger partial charge in [-0.1, -0.05) is 103 Å². The molecule has 0 amide bonds. The van der Waals surface area contributed by atoms with E-state index in [1.807, 2.05) is 0 Å². The van der Waals surface area contributed by atoms with E-state index in [0.717, 1.165) is 85.7 Å². The zero-order chi connectivity index (χ0) is 89.2. The number of morpholine rings is 1. The zero-order valence-electron chi connectivity index (χ0n) is 86.8. The van der Waals surface area contributed by atoms with Crippen LogP contribution in [0.25, 0.3) is 0 Å². The lowest BCUT2D eigenvalue weighted by molar-refractivity contribution is -0.146. The molecule has 0 aromatic rings. The fourth-order valence-corrected chi connectivity index (χ4v) is 30.9. The number of hydrogen-bond donors (Lipinski definition) is 2. The molecule has 16 nitrogen and oxygen atoms in total. The molecule has 2 atom stereocenters. The van der Waals surface area contributed by atoms with Gasteiger partial charge in [0.2, 0.25) is 0 Å². The van der Waals surface area contributed by atoms with Crippen LogP contribution in [0.2, 0.25) is 0 Å². The average molecular weight is 1770 g/mol. The molecule has 11 aliphatic carbocycles. The van der Waals surface area contributed by atoms with Crippen molar-refractivity contribution in [1.29, 1.82) is 0 Å². The Morgan fingerprint density at radius 3 is 0.591 bits per heavy atom. The second-order valence-corrected chi connectivity index (χ2v) is 52.1. The van der Waals surface area contributed by atoms with Crippen molar-refractivity contribution in [1.82, 2.24) is 74.3 Å². The summed E-state index contributed by atoms with van der Waals surface area (Å²) in [5.41, 5.74) is 9.09. The quantitative estimate of drug-likeness (QED) is 0.242. The smallest absolute Gasteiger partial charge is 0.0809 e. The number of likely N-dealkylation sites (N-methyl/N-ethyl adjacent to an activating group) is 1. The van der Waals surface area contributed by atoms with Crippen molar-refractivity contribution in [3.63, 3.8) is 0 Å². The van der Waals surface area contributed by atoms with Gasteiger partial charge >= 0.3 is 0 Å². The molecule has 0 radical (unpaired) electrons. The zero-order valence-corrected chi connectivity index (χ0v) is 86.8. The molecule has 2 unspecified atom stereocenters. The number of fused-ring (bicyclic) bond motifs is 1. The topological polar surface area (TPSA) is 75.4 Å². The molecule has 12 spiro atoms. The Kier molecular flexibility index (Phi) is 37.7. The largest absolute Gasteiger partial charge is 0.372 e. The fraction of sp³-hybridized carbons (Fsp3) is 1.00. The average Bonchev–Trinajstić information content (AvgIpc) is 1.73. The van der Waals surface area contributed by atoms with E-state index in [0.29, 0.717) is 11.0 Å². The molecule has 26 rings (SSSR count). The van der Waals surface area contributed by atoms with Crippen LogP contribution in [0.3, 0.4) is 0 Å². The summed E-state index contributed by atoms with van der Waals surface area (Å²) < 4.78 is 5.73. The van der Waals surface area contributed by atoms with Crippen LogP contribution in [0.15, 0.2) is 0 Å². The normalized spacial score (nSPS) is 33.0. The highest BCUT2D eigenvalue weighted by atomic mass is 16.5. The van der Waals surface area contributed by atoms with Gasteiger partial charge in [-0.2, -0.15) is 0 Å². The number of rotatable bonds is 0. The van der Waals surface area contributed by atoms with Crippen molar-refractivity contribution in [2.45, 2.75) is 346 Å². The first-order valence-corrected chi connectivity index (χ1v) is 56.0. The lowest BCUT2D eigenvalue weighted by Gasteiger charge is -2.54. The predicted octanol–water partition coefficient (Wildman–Crippen LogP) is 19.0. The lowest BCUT2D eigenvalue weighted by atomic mass is 9.63. The molecule has 2 N–H and O–H groups in total. The van der Waals surface area contributed by atoms with Crippen molar-refractivity contribution < 1.29 is 4.74 Å². The Balaban J connectivity index is 0.000000112. The standard InChI is InChI=1S/C10H20N2.C10H19N.C9H18N2.5C9H17N.C8H15NO.2C8H15N.C7H13N.C6H11N/c1-12-8-4-10(5-9-12)2-6-11-7-3-10;1-11-8-6-10(7-9-11)4-2-3-5-10;1-11-7-4-9(8-11)2-5-10-6-3-9;2*1-10-7-5-9(6-8-10)3-2-4-9;1-10-7-6-9(8-10)4-2-3-5-9;2*1-10-7-9(8-10)5-3-2-4-6-9;1-9-5-6-10-8(7-9)3-2-4-8;1-9-6-5-8(7-9)3-2-4-8;1-9-6-8(7-9)4-2-3-5-8;1-8-5-7(6-8)3-2-4-7;1-7-3-5-2-6(5)4-7/h11H,2-9H2,1H3;2-9H2,1H3;10H,2-8H2,1H3;5*2-8H2,1H3;2-7H2,1H3;2*2-7H2,1H3;2-6H2,1H3;5-6H,2-4H2,1H3. The minimum Gasteiger partial charge on any atom is -0.372 e. The molecule has 0 bridgehead atoms. The van der Waals surface area contributed by atoms with Crippen molar-refractivity contribution >= 4 is 0 Å². The summed E-state index contributed by atoms with van der Waals surface area (Å²) in [6.45, 7) is 40.9. The van der Waals surface area contributed by atoms with E-state index in [9.17, 15) is 0 Å². The van der Waals surface area contributed by atoms with E-state index >= 15 is 0 Å². The van der Waals surface area contributed by atoms with Gasteiger partial charge in [0.1, 0.15) is 0 Å². The molecule has 736 valence electrons. The van der Waals surface area contributed by atoms with Crippen molar-refractivity contribution in [2.24, 2.45) is 71.4 Å². The van der Waals surface area contributed by atoms with Gasteiger partial charge in [-0.05, 0) is 499 Å². The number of nitrogens with zero attached hydrogens (tertiary/aromatic N) is 13. The maximum Gasteiger partial charge on any atom is 0.0809 e. The molecule has 0 aromatic heterocycles. The van der Waals surface area contributed by atoms with E-state index in [1.165, 1.54) is 524 Å². The third kappa shape index (κ3) is 29.7. The molecule has 15 saturated heterocycles. The summed E-state index contributed by atoms with van der Waals surface area (Å²) in [7, 11) is 29.0. The first-order valence-electron chi connectivity index (χ1n) is 56.0. The molecule has 15 aliphatic heterocycles. The Labute approximate surface area is 786 Å². The molecule has 11 saturated carbocycles. The maximum absolute atomic E-state index is 5.73. The van der Waals surface area contributed by atoms with Crippen LogP contribution >= 0.6 is 0 Å². The number of likely N-dealkylation sites (tertiary alicyclic amines) is 12. The summed E-state index contributed by atoms with van der Waals surface area (Å²) in [6.07, 6.45) is 78.5. The Morgan fingerprint density at radius 2 is 0.378 bits per heavy atom.